The number of sulfonamides is 1. The van der Waals surface area contributed by atoms with Crippen LogP contribution in [0, 0.1) is 0 Å². The Bertz CT molecular complexity index is 726. The summed E-state index contributed by atoms with van der Waals surface area (Å²) in [6.45, 7) is -0.605. The van der Waals surface area contributed by atoms with Gasteiger partial charge in [-0.3, -0.25) is 0 Å². The van der Waals surface area contributed by atoms with E-state index in [0.29, 0.717) is 6.07 Å². The first-order chi connectivity index (χ1) is 10.2. The number of furan rings is 1. The van der Waals surface area contributed by atoms with Crippen LogP contribution in [-0.4, -0.2) is 20.1 Å². The van der Waals surface area contributed by atoms with Crippen molar-refractivity contribution in [1.29, 1.82) is 0 Å². The van der Waals surface area contributed by atoms with E-state index in [1.807, 2.05) is 0 Å². The van der Waals surface area contributed by atoms with E-state index in [1.165, 1.54) is 18.4 Å². The van der Waals surface area contributed by atoms with Gasteiger partial charge in [-0.1, -0.05) is 6.07 Å². The molecule has 9 heteroatoms. The van der Waals surface area contributed by atoms with Crippen LogP contribution in [0.3, 0.4) is 0 Å². The number of hydrogen-bond donors (Lipinski definition) is 2. The molecule has 0 saturated carbocycles. The van der Waals surface area contributed by atoms with Gasteiger partial charge in [0.05, 0.1) is 23.3 Å². The average Bonchev–Trinajstić information content (AvgIpc) is 2.98. The Labute approximate surface area is 124 Å². The largest absolute Gasteiger partial charge is 0.468 e. The Hall–Kier alpha value is -1.84. The average molecular weight is 335 g/mol. The predicted molar refractivity (Wildman–Crippen MR) is 70.3 cm³/mol. The summed E-state index contributed by atoms with van der Waals surface area (Å²) < 4.78 is 69.3. The quantitative estimate of drug-likeness (QED) is 0.879. The van der Waals surface area contributed by atoms with Crippen molar-refractivity contribution in [3.8, 4) is 0 Å². The predicted octanol–water partition coefficient (Wildman–Crippen LogP) is 2.31. The van der Waals surface area contributed by atoms with Crippen molar-refractivity contribution in [2.24, 2.45) is 0 Å². The number of aliphatic hydroxyl groups excluding tert-OH is 1. The molecule has 0 aliphatic heterocycles. The smallest absolute Gasteiger partial charge is 0.416 e. The first-order valence-corrected chi connectivity index (χ1v) is 7.56. The van der Waals surface area contributed by atoms with Gasteiger partial charge in [-0.25, -0.2) is 8.42 Å². The Kier molecular flexibility index (Phi) is 4.59. The van der Waals surface area contributed by atoms with E-state index in [1.54, 1.807) is 0 Å². The third-order valence-corrected chi connectivity index (χ3v) is 4.31. The normalized spacial score (nSPS) is 14.0. The number of rotatable bonds is 5. The lowest BCUT2D eigenvalue weighted by atomic mass is 10.2. The highest BCUT2D eigenvalue weighted by Crippen LogP contribution is 2.30. The molecule has 5 nitrogen and oxygen atoms in total. The SMILES string of the molecule is O=S(=O)(NC(CO)c1ccco1)c1cccc(C(F)(F)F)c1. The highest BCUT2D eigenvalue weighted by molar-refractivity contribution is 7.89. The molecular formula is C13H12F3NO4S. The summed E-state index contributed by atoms with van der Waals surface area (Å²) >= 11 is 0. The molecule has 2 rings (SSSR count). The zero-order valence-corrected chi connectivity index (χ0v) is 11.9. The first-order valence-electron chi connectivity index (χ1n) is 6.08. The number of hydrogen-bond acceptors (Lipinski definition) is 4. The highest BCUT2D eigenvalue weighted by Gasteiger charge is 2.32. The van der Waals surface area contributed by atoms with Gasteiger partial charge in [-0.05, 0) is 30.3 Å². The van der Waals surface area contributed by atoms with Gasteiger partial charge in [0.2, 0.25) is 10.0 Å². The molecule has 1 unspecified atom stereocenters. The molecule has 0 amide bonds. The molecule has 1 aromatic heterocycles. The Morgan fingerprint density at radius 3 is 2.50 bits per heavy atom. The maximum absolute atomic E-state index is 12.6. The maximum atomic E-state index is 12.6. The van der Waals surface area contributed by atoms with Crippen molar-refractivity contribution in [2.75, 3.05) is 6.61 Å². The van der Waals surface area contributed by atoms with Gasteiger partial charge in [0.15, 0.2) is 0 Å². The summed E-state index contributed by atoms with van der Waals surface area (Å²) in [6, 6.07) is 5.18. The lowest BCUT2D eigenvalue weighted by Gasteiger charge is -2.15. The van der Waals surface area contributed by atoms with Crippen LogP contribution in [0.1, 0.15) is 17.4 Å². The van der Waals surface area contributed by atoms with Gasteiger partial charge >= 0.3 is 6.18 Å². The minimum atomic E-state index is -4.65. The van der Waals surface area contributed by atoms with Crippen LogP contribution in [0.15, 0.2) is 52.0 Å². The Morgan fingerprint density at radius 1 is 1.23 bits per heavy atom. The van der Waals surface area contributed by atoms with Gasteiger partial charge < -0.3 is 9.52 Å². The van der Waals surface area contributed by atoms with Crippen LogP contribution >= 0.6 is 0 Å². The fourth-order valence-corrected chi connectivity index (χ4v) is 3.01. The van der Waals surface area contributed by atoms with Crippen LogP contribution in [-0.2, 0) is 16.2 Å². The lowest BCUT2D eigenvalue weighted by molar-refractivity contribution is -0.137. The van der Waals surface area contributed by atoms with Crippen LogP contribution in [0.5, 0.6) is 0 Å². The number of benzene rings is 1. The van der Waals surface area contributed by atoms with E-state index in [4.69, 9.17) is 4.42 Å². The van der Waals surface area contributed by atoms with Crippen molar-refractivity contribution in [2.45, 2.75) is 17.1 Å². The van der Waals surface area contributed by atoms with E-state index < -0.39 is 39.3 Å². The second-order valence-electron chi connectivity index (χ2n) is 4.40. The molecule has 0 fully saturated rings. The molecule has 0 aliphatic carbocycles. The lowest BCUT2D eigenvalue weighted by Crippen LogP contribution is -2.30. The van der Waals surface area contributed by atoms with Gasteiger partial charge in [-0.2, -0.15) is 17.9 Å². The molecule has 0 radical (unpaired) electrons. The van der Waals surface area contributed by atoms with Gasteiger partial charge in [0.1, 0.15) is 11.8 Å². The standard InChI is InChI=1S/C13H12F3NO4S/c14-13(15,16)9-3-1-4-10(7-9)22(19,20)17-11(8-18)12-5-2-6-21-12/h1-7,11,17-18H,8H2. The number of aliphatic hydroxyl groups is 1. The van der Waals surface area contributed by atoms with Crippen LogP contribution in [0.2, 0.25) is 0 Å². The molecule has 1 aromatic carbocycles. The zero-order chi connectivity index (χ0) is 16.4. The number of halogens is 3. The minimum Gasteiger partial charge on any atom is -0.468 e. The second kappa shape index (κ2) is 6.11. The molecule has 0 aliphatic rings. The third-order valence-electron chi connectivity index (χ3n) is 2.84. The van der Waals surface area contributed by atoms with Crippen molar-refractivity contribution in [3.63, 3.8) is 0 Å². The summed E-state index contributed by atoms with van der Waals surface area (Å²) in [5.74, 6) is 0.151. The van der Waals surface area contributed by atoms with E-state index in [0.717, 1.165) is 18.2 Å². The van der Waals surface area contributed by atoms with Crippen LogP contribution in [0.25, 0.3) is 0 Å². The summed E-state index contributed by atoms with van der Waals surface area (Å²) in [5.41, 5.74) is -1.08. The van der Waals surface area contributed by atoms with Crippen LogP contribution in [0.4, 0.5) is 13.2 Å². The number of nitrogens with one attached hydrogen (secondary N) is 1. The van der Waals surface area contributed by atoms with Crippen molar-refractivity contribution in [3.05, 3.63) is 54.0 Å². The fourth-order valence-electron chi connectivity index (χ4n) is 1.77. The van der Waals surface area contributed by atoms with Gasteiger partial charge in [-0.15, -0.1) is 0 Å². The van der Waals surface area contributed by atoms with E-state index in [9.17, 15) is 26.7 Å². The molecule has 1 atom stereocenters. The molecule has 0 spiro atoms. The maximum Gasteiger partial charge on any atom is 0.416 e. The molecular weight excluding hydrogens is 323 g/mol. The van der Waals surface area contributed by atoms with Gasteiger partial charge in [0.25, 0.3) is 0 Å². The minimum absolute atomic E-state index is 0.151. The van der Waals surface area contributed by atoms with Crippen molar-refractivity contribution < 1.29 is 31.1 Å². The molecule has 1 heterocycles. The molecule has 2 N–H and O–H groups in total. The van der Waals surface area contributed by atoms with Gasteiger partial charge in [0, 0.05) is 0 Å². The van der Waals surface area contributed by atoms with Crippen molar-refractivity contribution >= 4 is 10.0 Å². The van der Waals surface area contributed by atoms with E-state index in [-0.39, 0.29) is 5.76 Å². The molecule has 22 heavy (non-hydrogen) atoms. The highest BCUT2D eigenvalue weighted by atomic mass is 32.2. The fraction of sp³-hybridized carbons (Fsp3) is 0.231. The second-order valence-corrected chi connectivity index (χ2v) is 6.11. The van der Waals surface area contributed by atoms with Crippen LogP contribution < -0.4 is 4.72 Å². The third kappa shape index (κ3) is 3.67. The summed E-state index contributed by atoms with van der Waals surface area (Å²) in [6.07, 6.45) is -3.36. The monoisotopic (exact) mass is 335 g/mol. The summed E-state index contributed by atoms with van der Waals surface area (Å²) in [4.78, 5) is -0.549. The zero-order valence-electron chi connectivity index (χ0n) is 11.0. The molecule has 2 aromatic rings. The Balaban J connectivity index is 2.31. The van der Waals surface area contributed by atoms with E-state index >= 15 is 0 Å². The summed E-state index contributed by atoms with van der Waals surface area (Å²) in [7, 11) is -4.25. The topological polar surface area (TPSA) is 79.5 Å². The van der Waals surface area contributed by atoms with E-state index in [2.05, 4.69) is 4.72 Å². The Morgan fingerprint density at radius 2 is 1.95 bits per heavy atom. The number of alkyl halides is 3. The van der Waals surface area contributed by atoms with Crippen molar-refractivity contribution in [1.82, 2.24) is 4.72 Å². The molecule has 120 valence electrons. The molecule has 0 saturated heterocycles. The molecule has 0 bridgehead atoms. The first kappa shape index (κ1) is 16.5. The summed E-state index contributed by atoms with van der Waals surface area (Å²) in [5, 5.41) is 9.22.